The highest BCUT2D eigenvalue weighted by atomic mass is 35.5. The van der Waals surface area contributed by atoms with Crippen molar-refractivity contribution in [2.24, 2.45) is 0 Å². The number of hydrogen-bond acceptors (Lipinski definition) is 4. The fourth-order valence-corrected chi connectivity index (χ4v) is 3.16. The Kier molecular flexibility index (Phi) is 8.80. The van der Waals surface area contributed by atoms with Crippen molar-refractivity contribution in [1.82, 2.24) is 4.90 Å². The molecule has 0 spiro atoms. The monoisotopic (exact) mass is 417 g/mol. The highest BCUT2D eigenvalue weighted by molar-refractivity contribution is 6.32. The van der Waals surface area contributed by atoms with Crippen LogP contribution in [-0.2, 0) is 4.79 Å². The van der Waals surface area contributed by atoms with Crippen LogP contribution in [0.3, 0.4) is 0 Å². The van der Waals surface area contributed by atoms with Gasteiger partial charge in [-0.3, -0.25) is 9.59 Å². The van der Waals surface area contributed by atoms with Gasteiger partial charge in [-0.05, 0) is 55.3 Å². The van der Waals surface area contributed by atoms with E-state index in [0.29, 0.717) is 22.0 Å². The Hall–Kier alpha value is -2.73. The molecule has 2 rings (SSSR count). The van der Waals surface area contributed by atoms with Gasteiger partial charge in [0, 0.05) is 30.0 Å². The average Bonchev–Trinajstić information content (AvgIpc) is 2.72. The van der Waals surface area contributed by atoms with Crippen LogP contribution in [0.15, 0.2) is 42.5 Å². The van der Waals surface area contributed by atoms with Gasteiger partial charge in [0.05, 0.1) is 18.7 Å². The molecule has 7 heteroatoms. The summed E-state index contributed by atoms with van der Waals surface area (Å²) in [5.74, 6) is 0.395. The van der Waals surface area contributed by atoms with Gasteiger partial charge in [-0.15, -0.1) is 0 Å². The Morgan fingerprint density at radius 3 is 2.17 bits per heavy atom. The van der Waals surface area contributed by atoms with E-state index in [9.17, 15) is 9.59 Å². The van der Waals surface area contributed by atoms with E-state index < -0.39 is 0 Å². The zero-order valence-electron chi connectivity index (χ0n) is 17.1. The number of methoxy groups -OCH3 is 1. The first-order valence-corrected chi connectivity index (χ1v) is 10.1. The maximum atomic E-state index is 12.6. The quantitative estimate of drug-likeness (QED) is 0.589. The van der Waals surface area contributed by atoms with Crippen LogP contribution in [0.2, 0.25) is 5.02 Å². The fourth-order valence-electron chi connectivity index (χ4n) is 2.90. The van der Waals surface area contributed by atoms with Gasteiger partial charge in [-0.2, -0.15) is 0 Å². The molecule has 156 valence electrons. The van der Waals surface area contributed by atoms with E-state index in [1.165, 1.54) is 0 Å². The molecule has 2 N–H and O–H groups in total. The van der Waals surface area contributed by atoms with Gasteiger partial charge in [0.15, 0.2) is 0 Å². The van der Waals surface area contributed by atoms with E-state index >= 15 is 0 Å². The standard InChI is InChI=1S/C22H28ClN3O3/c1-4-12-26(13-5-2)22(28)16-6-8-17(9-7-16)25-21(27)15-24-18-10-11-20(29-3)19(23)14-18/h6-11,14,24H,4-5,12-13,15H2,1-3H3,(H,25,27). The van der Waals surface area contributed by atoms with Gasteiger partial charge in [0.1, 0.15) is 5.75 Å². The van der Waals surface area contributed by atoms with Crippen molar-refractivity contribution >= 4 is 34.8 Å². The number of rotatable bonds is 10. The van der Waals surface area contributed by atoms with Gasteiger partial charge in [-0.25, -0.2) is 0 Å². The summed E-state index contributed by atoms with van der Waals surface area (Å²) in [5.41, 5.74) is 1.98. The Bertz CT molecular complexity index is 819. The molecular formula is C22H28ClN3O3. The topological polar surface area (TPSA) is 70.7 Å². The molecule has 2 aromatic carbocycles. The summed E-state index contributed by atoms with van der Waals surface area (Å²) in [4.78, 5) is 26.6. The van der Waals surface area contributed by atoms with Crippen LogP contribution in [0, 0.1) is 0 Å². The maximum absolute atomic E-state index is 12.6. The van der Waals surface area contributed by atoms with Crippen LogP contribution in [-0.4, -0.2) is 43.5 Å². The van der Waals surface area contributed by atoms with E-state index in [1.807, 2.05) is 4.90 Å². The van der Waals surface area contributed by atoms with Crippen molar-refractivity contribution in [1.29, 1.82) is 0 Å². The van der Waals surface area contributed by atoms with Crippen LogP contribution < -0.4 is 15.4 Å². The summed E-state index contributed by atoms with van der Waals surface area (Å²) < 4.78 is 5.11. The number of amides is 2. The minimum Gasteiger partial charge on any atom is -0.495 e. The van der Waals surface area contributed by atoms with Crippen molar-refractivity contribution in [2.75, 3.05) is 37.4 Å². The molecule has 2 aromatic rings. The summed E-state index contributed by atoms with van der Waals surface area (Å²) in [6, 6.07) is 12.2. The maximum Gasteiger partial charge on any atom is 0.253 e. The zero-order chi connectivity index (χ0) is 21.2. The lowest BCUT2D eigenvalue weighted by atomic mass is 10.1. The Balaban J connectivity index is 1.90. The lowest BCUT2D eigenvalue weighted by Gasteiger charge is -2.21. The molecule has 0 unspecified atom stereocenters. The third-order valence-electron chi connectivity index (χ3n) is 4.29. The molecule has 0 aliphatic carbocycles. The third kappa shape index (κ3) is 6.68. The molecule has 0 aromatic heterocycles. The first-order chi connectivity index (χ1) is 14.0. The minimum absolute atomic E-state index is 0.0182. The van der Waals surface area contributed by atoms with Gasteiger partial charge in [0.25, 0.3) is 5.91 Å². The van der Waals surface area contributed by atoms with Crippen LogP contribution in [0.5, 0.6) is 5.75 Å². The second-order valence-corrected chi connectivity index (χ2v) is 7.03. The Morgan fingerprint density at radius 1 is 1.00 bits per heavy atom. The summed E-state index contributed by atoms with van der Waals surface area (Å²) in [5, 5.41) is 6.30. The zero-order valence-corrected chi connectivity index (χ0v) is 17.9. The number of ether oxygens (including phenoxy) is 1. The SMILES string of the molecule is CCCN(CCC)C(=O)c1ccc(NC(=O)CNc2ccc(OC)c(Cl)c2)cc1. The Morgan fingerprint density at radius 2 is 1.62 bits per heavy atom. The smallest absolute Gasteiger partial charge is 0.253 e. The summed E-state index contributed by atoms with van der Waals surface area (Å²) in [6.45, 7) is 5.69. The summed E-state index contributed by atoms with van der Waals surface area (Å²) in [6.07, 6.45) is 1.85. The van der Waals surface area contributed by atoms with Crippen molar-refractivity contribution in [3.63, 3.8) is 0 Å². The van der Waals surface area contributed by atoms with E-state index in [-0.39, 0.29) is 18.4 Å². The molecule has 0 saturated heterocycles. The largest absolute Gasteiger partial charge is 0.495 e. The van der Waals surface area contributed by atoms with Crippen molar-refractivity contribution < 1.29 is 14.3 Å². The molecule has 0 fully saturated rings. The summed E-state index contributed by atoms with van der Waals surface area (Å²) in [7, 11) is 1.55. The van der Waals surface area contributed by atoms with Crippen LogP contribution in [0.4, 0.5) is 11.4 Å². The highest BCUT2D eigenvalue weighted by Crippen LogP contribution is 2.27. The molecule has 0 heterocycles. The lowest BCUT2D eigenvalue weighted by molar-refractivity contribution is -0.114. The second kappa shape index (κ2) is 11.3. The minimum atomic E-state index is -0.199. The molecule has 0 bridgehead atoms. The Labute approximate surface area is 177 Å². The van der Waals surface area contributed by atoms with Crippen LogP contribution >= 0.6 is 11.6 Å². The first kappa shape index (κ1) is 22.6. The molecule has 2 amide bonds. The fraction of sp³-hybridized carbons (Fsp3) is 0.364. The lowest BCUT2D eigenvalue weighted by Crippen LogP contribution is -2.32. The molecule has 0 aliphatic rings. The first-order valence-electron chi connectivity index (χ1n) is 9.75. The number of benzene rings is 2. The van der Waals surface area contributed by atoms with Crippen LogP contribution in [0.25, 0.3) is 0 Å². The van der Waals surface area contributed by atoms with Gasteiger partial charge >= 0.3 is 0 Å². The molecular weight excluding hydrogens is 390 g/mol. The normalized spacial score (nSPS) is 10.3. The van der Waals surface area contributed by atoms with Gasteiger partial charge < -0.3 is 20.3 Å². The van der Waals surface area contributed by atoms with E-state index in [4.69, 9.17) is 16.3 Å². The number of anilines is 2. The number of carbonyl (C=O) groups is 2. The van der Waals surface area contributed by atoms with Crippen LogP contribution in [0.1, 0.15) is 37.0 Å². The van der Waals surface area contributed by atoms with Gasteiger partial charge in [-0.1, -0.05) is 25.4 Å². The summed E-state index contributed by atoms with van der Waals surface area (Å²) >= 11 is 6.08. The molecule has 6 nitrogen and oxygen atoms in total. The number of nitrogens with zero attached hydrogens (tertiary/aromatic N) is 1. The highest BCUT2D eigenvalue weighted by Gasteiger charge is 2.14. The molecule has 29 heavy (non-hydrogen) atoms. The third-order valence-corrected chi connectivity index (χ3v) is 4.59. The van der Waals surface area contributed by atoms with Gasteiger partial charge in [0.2, 0.25) is 5.91 Å². The molecule has 0 saturated carbocycles. The van der Waals surface area contributed by atoms with Crippen molar-refractivity contribution in [3.05, 3.63) is 53.1 Å². The number of carbonyl (C=O) groups excluding carboxylic acids is 2. The van der Waals surface area contributed by atoms with E-state index in [1.54, 1.807) is 49.6 Å². The van der Waals surface area contributed by atoms with E-state index in [0.717, 1.165) is 31.6 Å². The van der Waals surface area contributed by atoms with Crippen molar-refractivity contribution in [2.45, 2.75) is 26.7 Å². The predicted molar refractivity (Wildman–Crippen MR) is 118 cm³/mol. The second-order valence-electron chi connectivity index (χ2n) is 6.62. The predicted octanol–water partition coefficient (Wildman–Crippen LogP) is 4.66. The number of halogens is 1. The number of nitrogens with one attached hydrogen (secondary N) is 2. The molecule has 0 atom stereocenters. The number of hydrogen-bond donors (Lipinski definition) is 2. The molecule has 0 aliphatic heterocycles. The van der Waals surface area contributed by atoms with E-state index in [2.05, 4.69) is 24.5 Å². The molecule has 0 radical (unpaired) electrons. The average molecular weight is 418 g/mol. The van der Waals surface area contributed by atoms with Crippen molar-refractivity contribution in [3.8, 4) is 5.75 Å².